The van der Waals surface area contributed by atoms with Gasteiger partial charge in [0.05, 0.1) is 11.6 Å². The highest BCUT2D eigenvalue weighted by Gasteiger charge is 2.04. The molecule has 1 aromatic carbocycles. The molecule has 2 N–H and O–H groups in total. The number of hydrogen-bond donors (Lipinski definition) is 1. The summed E-state index contributed by atoms with van der Waals surface area (Å²) in [4.78, 5) is 0. The van der Waals surface area contributed by atoms with Crippen molar-refractivity contribution < 1.29 is 0 Å². The summed E-state index contributed by atoms with van der Waals surface area (Å²) in [5.41, 5.74) is 7.07. The summed E-state index contributed by atoms with van der Waals surface area (Å²) in [5, 5.41) is 9.11. The maximum absolute atomic E-state index is 8.55. The lowest BCUT2D eigenvalue weighted by Gasteiger charge is -2.07. The van der Waals surface area contributed by atoms with Crippen LogP contribution in [0.1, 0.15) is 24.1 Å². The van der Waals surface area contributed by atoms with Gasteiger partial charge in [0.25, 0.3) is 0 Å². The molecular weight excluding hydrogens is 172 g/mol. The fourth-order valence-electron chi connectivity index (χ4n) is 0.966. The third-order valence-corrected chi connectivity index (χ3v) is 1.95. The lowest BCUT2D eigenvalue weighted by molar-refractivity contribution is 0.818. The second kappa shape index (κ2) is 3.57. The van der Waals surface area contributed by atoms with Crippen LogP contribution >= 0.6 is 11.6 Å². The Morgan fingerprint density at radius 2 is 2.25 bits per heavy atom. The monoisotopic (exact) mass is 180 g/mol. The number of benzene rings is 1. The van der Waals surface area contributed by atoms with E-state index in [1.807, 2.05) is 13.0 Å². The first-order valence-electron chi connectivity index (χ1n) is 3.60. The van der Waals surface area contributed by atoms with Crippen LogP contribution in [0.4, 0.5) is 0 Å². The second-order valence-electron chi connectivity index (χ2n) is 2.64. The number of hydrogen-bond acceptors (Lipinski definition) is 2. The maximum atomic E-state index is 8.55. The zero-order valence-corrected chi connectivity index (χ0v) is 7.47. The fraction of sp³-hybridized carbons (Fsp3) is 0.222. The summed E-state index contributed by atoms with van der Waals surface area (Å²) in [5.74, 6) is 0. The first kappa shape index (κ1) is 9.05. The Morgan fingerprint density at radius 3 is 2.67 bits per heavy atom. The smallest absolute Gasteiger partial charge is 0.0992 e. The largest absolute Gasteiger partial charge is 0.324 e. The van der Waals surface area contributed by atoms with Gasteiger partial charge < -0.3 is 5.73 Å². The number of nitrogens with zero attached hydrogens (tertiary/aromatic N) is 1. The van der Waals surface area contributed by atoms with Gasteiger partial charge in [-0.05, 0) is 24.6 Å². The number of halogens is 1. The Kier molecular flexibility index (Phi) is 2.69. The van der Waals surface area contributed by atoms with Gasteiger partial charge in [-0.1, -0.05) is 17.7 Å². The van der Waals surface area contributed by atoms with Gasteiger partial charge in [0, 0.05) is 11.1 Å². The fourth-order valence-corrected chi connectivity index (χ4v) is 1.32. The summed E-state index contributed by atoms with van der Waals surface area (Å²) in [6.45, 7) is 1.85. The number of rotatable bonds is 1. The van der Waals surface area contributed by atoms with E-state index in [1.165, 1.54) is 0 Å². The molecule has 0 amide bonds. The van der Waals surface area contributed by atoms with Crippen molar-refractivity contribution in [3.8, 4) is 6.07 Å². The van der Waals surface area contributed by atoms with Crippen molar-refractivity contribution in [3.63, 3.8) is 0 Å². The van der Waals surface area contributed by atoms with Gasteiger partial charge in [-0.2, -0.15) is 5.26 Å². The van der Waals surface area contributed by atoms with Crippen LogP contribution < -0.4 is 5.73 Å². The lowest BCUT2D eigenvalue weighted by Crippen LogP contribution is -2.05. The Labute approximate surface area is 76.6 Å². The van der Waals surface area contributed by atoms with Crippen LogP contribution in [0.3, 0.4) is 0 Å². The average Bonchev–Trinajstić information content (AvgIpc) is 2.03. The third kappa shape index (κ3) is 1.76. The molecule has 1 rings (SSSR count). The first-order chi connectivity index (χ1) is 5.65. The molecule has 0 aliphatic carbocycles. The summed E-state index contributed by atoms with van der Waals surface area (Å²) in [6, 6.07) is 7.04. The molecule has 0 aliphatic rings. The highest BCUT2D eigenvalue weighted by Crippen LogP contribution is 2.22. The van der Waals surface area contributed by atoms with E-state index in [0.717, 1.165) is 5.56 Å². The van der Waals surface area contributed by atoms with Gasteiger partial charge in [0.2, 0.25) is 0 Å². The van der Waals surface area contributed by atoms with E-state index < -0.39 is 0 Å². The van der Waals surface area contributed by atoms with E-state index in [2.05, 4.69) is 0 Å². The predicted molar refractivity (Wildman–Crippen MR) is 48.8 cm³/mol. The molecule has 0 bridgehead atoms. The van der Waals surface area contributed by atoms with Crippen LogP contribution in [0.15, 0.2) is 18.2 Å². The normalized spacial score (nSPS) is 12.2. The Hall–Kier alpha value is -1.04. The Bertz CT molecular complexity index is 326. The van der Waals surface area contributed by atoms with E-state index in [9.17, 15) is 0 Å². The molecule has 1 aromatic rings. The first-order valence-corrected chi connectivity index (χ1v) is 3.98. The van der Waals surface area contributed by atoms with Crippen LogP contribution in [-0.2, 0) is 0 Å². The zero-order valence-electron chi connectivity index (χ0n) is 6.71. The molecule has 0 spiro atoms. The molecule has 0 unspecified atom stereocenters. The number of nitriles is 1. The molecule has 3 heteroatoms. The van der Waals surface area contributed by atoms with Gasteiger partial charge in [0.1, 0.15) is 0 Å². The average molecular weight is 181 g/mol. The van der Waals surface area contributed by atoms with Crippen LogP contribution in [0, 0.1) is 11.3 Å². The predicted octanol–water partition coefficient (Wildman–Crippen LogP) is 2.23. The van der Waals surface area contributed by atoms with Crippen LogP contribution in [-0.4, -0.2) is 0 Å². The van der Waals surface area contributed by atoms with Crippen LogP contribution in [0.25, 0.3) is 0 Å². The van der Waals surface area contributed by atoms with Gasteiger partial charge in [-0.15, -0.1) is 0 Å². The van der Waals surface area contributed by atoms with Crippen molar-refractivity contribution in [2.75, 3.05) is 0 Å². The second-order valence-corrected chi connectivity index (χ2v) is 3.04. The SMILES string of the molecule is C[C@@H](N)c1ccc(C#N)cc1Cl. The van der Waals surface area contributed by atoms with Gasteiger partial charge >= 0.3 is 0 Å². The standard InChI is InChI=1S/C9H9ClN2/c1-6(12)8-3-2-7(5-11)4-9(8)10/h2-4,6H,12H2,1H3/t6-/m1/s1. The third-order valence-electron chi connectivity index (χ3n) is 1.62. The molecule has 0 radical (unpaired) electrons. The van der Waals surface area contributed by atoms with Gasteiger partial charge in [-0.25, -0.2) is 0 Å². The molecule has 0 saturated heterocycles. The molecule has 0 aromatic heterocycles. The number of nitrogens with two attached hydrogens (primary N) is 1. The minimum atomic E-state index is -0.0924. The van der Waals surface area contributed by atoms with Crippen molar-refractivity contribution >= 4 is 11.6 Å². The summed E-state index contributed by atoms with van der Waals surface area (Å²) < 4.78 is 0. The van der Waals surface area contributed by atoms with E-state index in [1.54, 1.807) is 18.2 Å². The van der Waals surface area contributed by atoms with Crippen molar-refractivity contribution in [3.05, 3.63) is 34.3 Å². The quantitative estimate of drug-likeness (QED) is 0.721. The summed E-state index contributed by atoms with van der Waals surface area (Å²) >= 11 is 5.87. The maximum Gasteiger partial charge on any atom is 0.0992 e. The highest BCUT2D eigenvalue weighted by atomic mass is 35.5. The van der Waals surface area contributed by atoms with Crippen molar-refractivity contribution in [2.45, 2.75) is 13.0 Å². The Balaban J connectivity index is 3.14. The molecule has 62 valence electrons. The molecular formula is C9H9ClN2. The lowest BCUT2D eigenvalue weighted by atomic mass is 10.1. The topological polar surface area (TPSA) is 49.8 Å². The molecule has 0 fully saturated rings. The molecule has 0 heterocycles. The highest BCUT2D eigenvalue weighted by molar-refractivity contribution is 6.31. The Morgan fingerprint density at radius 1 is 1.58 bits per heavy atom. The molecule has 0 aliphatic heterocycles. The van der Waals surface area contributed by atoms with Crippen molar-refractivity contribution in [1.29, 1.82) is 5.26 Å². The minimum Gasteiger partial charge on any atom is -0.324 e. The minimum absolute atomic E-state index is 0.0924. The van der Waals surface area contributed by atoms with E-state index in [4.69, 9.17) is 22.6 Å². The van der Waals surface area contributed by atoms with Crippen LogP contribution in [0.5, 0.6) is 0 Å². The van der Waals surface area contributed by atoms with Gasteiger partial charge in [-0.3, -0.25) is 0 Å². The molecule has 12 heavy (non-hydrogen) atoms. The van der Waals surface area contributed by atoms with E-state index in [0.29, 0.717) is 10.6 Å². The van der Waals surface area contributed by atoms with Crippen molar-refractivity contribution in [1.82, 2.24) is 0 Å². The summed E-state index contributed by atoms with van der Waals surface area (Å²) in [6.07, 6.45) is 0. The summed E-state index contributed by atoms with van der Waals surface area (Å²) in [7, 11) is 0. The van der Waals surface area contributed by atoms with Crippen LogP contribution in [0.2, 0.25) is 5.02 Å². The van der Waals surface area contributed by atoms with E-state index in [-0.39, 0.29) is 6.04 Å². The van der Waals surface area contributed by atoms with Crippen molar-refractivity contribution in [2.24, 2.45) is 5.73 Å². The van der Waals surface area contributed by atoms with Gasteiger partial charge in [0.15, 0.2) is 0 Å². The van der Waals surface area contributed by atoms with E-state index >= 15 is 0 Å². The molecule has 0 saturated carbocycles. The molecule has 1 atom stereocenters. The zero-order chi connectivity index (χ0) is 9.14. The molecule has 2 nitrogen and oxygen atoms in total.